The highest BCUT2D eigenvalue weighted by atomic mass is 16.3. The maximum Gasteiger partial charge on any atom is 0.128 e. The molecule has 44 heavy (non-hydrogen) atoms. The molecule has 1 aliphatic rings. The quantitative estimate of drug-likeness (QED) is 0.188. The maximum atomic E-state index is 11.4. The molecule has 2 heterocycles. The van der Waals surface area contributed by atoms with E-state index in [0.29, 0.717) is 12.3 Å². The summed E-state index contributed by atoms with van der Waals surface area (Å²) in [6, 6.07) is 16.5. The summed E-state index contributed by atoms with van der Waals surface area (Å²) >= 11 is 0. The number of hydrogen-bond acceptors (Lipinski definition) is 6. The topological polar surface area (TPSA) is 90.6 Å². The highest BCUT2D eigenvalue weighted by Crippen LogP contribution is 2.39. The van der Waals surface area contributed by atoms with Crippen LogP contribution in [0.2, 0.25) is 0 Å². The number of rotatable bonds is 7. The minimum Gasteiger partial charge on any atom is -0.507 e. The minimum absolute atomic E-state index is 0.0680. The second kappa shape index (κ2) is 12.9. The fraction of sp³-hybridized carbons (Fsp3) is 0.395. The summed E-state index contributed by atoms with van der Waals surface area (Å²) in [5.74, 6) is 0.637. The van der Waals surface area contributed by atoms with Crippen LogP contribution in [0.3, 0.4) is 0 Å². The lowest BCUT2D eigenvalue weighted by molar-refractivity contribution is 0.326. The summed E-state index contributed by atoms with van der Waals surface area (Å²) < 4.78 is 0. The molecule has 2 atom stereocenters. The largest absolute Gasteiger partial charge is 0.507 e. The number of aromatic hydroxyl groups is 2. The first-order valence-electron chi connectivity index (χ1n) is 15.7. The van der Waals surface area contributed by atoms with Crippen LogP contribution in [-0.2, 0) is 17.4 Å². The standard InChI is InChI=1S/C38H46N4O2/c1-37(2,3)31-21-27(25-11-15-39-16-12-25)19-29(35(31)43)23-41-33-9-7-8-10-34(33)42-24-30-20-28(26-13-17-40-18-14-26)22-32(36(30)44)38(4,5)6/h11-23,33-34,42-44H,7-10,24H2,1-6H3/t33-,34-/m1/s1. The van der Waals surface area contributed by atoms with Gasteiger partial charge in [0.2, 0.25) is 0 Å². The van der Waals surface area contributed by atoms with E-state index >= 15 is 0 Å². The first-order valence-corrected chi connectivity index (χ1v) is 15.7. The molecule has 0 radical (unpaired) electrons. The molecule has 1 fully saturated rings. The number of nitrogens with zero attached hydrogens (tertiary/aromatic N) is 3. The third-order valence-electron chi connectivity index (χ3n) is 8.66. The molecular weight excluding hydrogens is 544 g/mol. The number of aliphatic imine (C=N–C) groups is 1. The molecular formula is C38H46N4O2. The number of aromatic nitrogens is 2. The number of hydrogen-bond donors (Lipinski definition) is 3. The van der Waals surface area contributed by atoms with Crippen LogP contribution in [0.25, 0.3) is 22.3 Å². The Bertz CT molecular complexity index is 1600. The van der Waals surface area contributed by atoms with Gasteiger partial charge in [-0.2, -0.15) is 0 Å². The van der Waals surface area contributed by atoms with Crippen molar-refractivity contribution in [1.82, 2.24) is 15.3 Å². The second-order valence-electron chi connectivity index (χ2n) is 14.1. The predicted molar refractivity (Wildman–Crippen MR) is 181 cm³/mol. The Balaban J connectivity index is 1.42. The van der Waals surface area contributed by atoms with E-state index in [1.807, 2.05) is 36.5 Å². The van der Waals surface area contributed by atoms with Crippen molar-refractivity contribution in [3.05, 3.63) is 95.6 Å². The normalized spacial score (nSPS) is 17.7. The first kappa shape index (κ1) is 31.4. The SMILES string of the molecule is CC(C)(C)c1cc(-c2ccncc2)cc(C=N[C@@H]2CCCC[C@H]2NCc2cc(-c3ccncc3)cc(C(C)(C)C)c2O)c1O. The lowest BCUT2D eigenvalue weighted by atomic mass is 9.83. The third-order valence-corrected chi connectivity index (χ3v) is 8.66. The van der Waals surface area contributed by atoms with Crippen molar-refractivity contribution in [2.24, 2.45) is 4.99 Å². The van der Waals surface area contributed by atoms with Crippen molar-refractivity contribution < 1.29 is 10.2 Å². The summed E-state index contributed by atoms with van der Waals surface area (Å²) in [5, 5.41) is 26.5. The minimum atomic E-state index is -0.233. The van der Waals surface area contributed by atoms with Crippen LogP contribution in [-0.4, -0.2) is 38.5 Å². The van der Waals surface area contributed by atoms with E-state index in [1.165, 1.54) is 0 Å². The summed E-state index contributed by atoms with van der Waals surface area (Å²) in [6.07, 6.45) is 13.3. The van der Waals surface area contributed by atoms with Gasteiger partial charge in [0.15, 0.2) is 0 Å². The van der Waals surface area contributed by atoms with E-state index in [1.54, 1.807) is 24.8 Å². The van der Waals surface area contributed by atoms with Crippen molar-refractivity contribution in [2.75, 3.05) is 0 Å². The van der Waals surface area contributed by atoms with Gasteiger partial charge in [-0.15, -0.1) is 0 Å². The summed E-state index contributed by atoms with van der Waals surface area (Å²) in [5.41, 5.74) is 7.24. The molecule has 0 unspecified atom stereocenters. The number of phenols is 2. The van der Waals surface area contributed by atoms with Crippen molar-refractivity contribution >= 4 is 6.21 Å². The second-order valence-corrected chi connectivity index (χ2v) is 14.1. The van der Waals surface area contributed by atoms with E-state index in [9.17, 15) is 10.2 Å². The molecule has 0 aliphatic heterocycles. The van der Waals surface area contributed by atoms with E-state index in [2.05, 4.69) is 75.0 Å². The van der Waals surface area contributed by atoms with E-state index in [-0.39, 0.29) is 28.7 Å². The van der Waals surface area contributed by atoms with Crippen LogP contribution in [0.1, 0.15) is 89.5 Å². The molecule has 0 bridgehead atoms. The van der Waals surface area contributed by atoms with Crippen molar-refractivity contribution in [3.63, 3.8) is 0 Å². The van der Waals surface area contributed by atoms with Crippen LogP contribution in [0.15, 0.2) is 78.3 Å². The third kappa shape index (κ3) is 7.19. The smallest absolute Gasteiger partial charge is 0.128 e. The van der Waals surface area contributed by atoms with Gasteiger partial charge in [-0.3, -0.25) is 15.0 Å². The highest BCUT2D eigenvalue weighted by Gasteiger charge is 2.27. The van der Waals surface area contributed by atoms with E-state index in [0.717, 1.165) is 70.2 Å². The zero-order valence-corrected chi connectivity index (χ0v) is 26.9. The van der Waals surface area contributed by atoms with Gasteiger partial charge in [0.25, 0.3) is 0 Å². The molecule has 1 saturated carbocycles. The number of phenolic OH excluding ortho intramolecular Hbond substituents is 2. The van der Waals surface area contributed by atoms with Crippen LogP contribution >= 0.6 is 0 Å². The van der Waals surface area contributed by atoms with Gasteiger partial charge >= 0.3 is 0 Å². The predicted octanol–water partition coefficient (Wildman–Crippen LogP) is 8.34. The summed E-state index contributed by atoms with van der Waals surface area (Å²) in [6.45, 7) is 13.3. The molecule has 6 nitrogen and oxygen atoms in total. The monoisotopic (exact) mass is 590 g/mol. The van der Waals surface area contributed by atoms with Gasteiger partial charge in [0.05, 0.1) is 6.04 Å². The van der Waals surface area contributed by atoms with Crippen LogP contribution in [0, 0.1) is 0 Å². The Kier molecular flexibility index (Phi) is 9.21. The van der Waals surface area contributed by atoms with Gasteiger partial charge < -0.3 is 15.5 Å². The van der Waals surface area contributed by atoms with E-state index in [4.69, 9.17) is 4.99 Å². The average Bonchev–Trinajstić information content (AvgIpc) is 3.00. The number of benzene rings is 2. The van der Waals surface area contributed by atoms with Gasteiger partial charge in [0.1, 0.15) is 11.5 Å². The summed E-state index contributed by atoms with van der Waals surface area (Å²) in [4.78, 5) is 13.4. The molecule has 2 aromatic carbocycles. The van der Waals surface area contributed by atoms with Gasteiger partial charge in [-0.1, -0.05) is 54.4 Å². The molecule has 230 valence electrons. The lowest BCUT2D eigenvalue weighted by Crippen LogP contribution is -2.41. The lowest BCUT2D eigenvalue weighted by Gasteiger charge is -2.30. The van der Waals surface area contributed by atoms with Crippen molar-refractivity contribution in [3.8, 4) is 33.8 Å². The first-order chi connectivity index (χ1) is 20.9. The molecule has 0 amide bonds. The zero-order valence-electron chi connectivity index (χ0n) is 26.9. The van der Waals surface area contributed by atoms with Crippen LogP contribution in [0.5, 0.6) is 11.5 Å². The Hall–Kier alpha value is -4.03. The molecule has 2 aromatic heterocycles. The highest BCUT2D eigenvalue weighted by molar-refractivity contribution is 5.87. The van der Waals surface area contributed by atoms with Gasteiger partial charge in [-0.25, -0.2) is 0 Å². The molecule has 5 rings (SSSR count). The molecule has 0 spiro atoms. The van der Waals surface area contributed by atoms with Crippen LogP contribution in [0.4, 0.5) is 0 Å². The van der Waals surface area contributed by atoms with Crippen molar-refractivity contribution in [1.29, 1.82) is 0 Å². The maximum absolute atomic E-state index is 11.4. The summed E-state index contributed by atoms with van der Waals surface area (Å²) in [7, 11) is 0. The Labute approximate surface area is 262 Å². The molecule has 0 saturated heterocycles. The number of pyridine rings is 2. The molecule has 3 N–H and O–H groups in total. The Morgan fingerprint density at radius 1 is 0.727 bits per heavy atom. The van der Waals surface area contributed by atoms with Gasteiger partial charge in [-0.05, 0) is 94.5 Å². The van der Waals surface area contributed by atoms with E-state index < -0.39 is 0 Å². The number of nitrogens with one attached hydrogen (secondary N) is 1. The molecule has 6 heteroatoms. The zero-order chi connectivity index (χ0) is 31.5. The van der Waals surface area contributed by atoms with Crippen LogP contribution < -0.4 is 5.32 Å². The Morgan fingerprint density at radius 3 is 1.82 bits per heavy atom. The van der Waals surface area contributed by atoms with Gasteiger partial charge in [0, 0.05) is 65.8 Å². The molecule has 4 aromatic rings. The fourth-order valence-corrected chi connectivity index (χ4v) is 6.10. The van der Waals surface area contributed by atoms with Crippen molar-refractivity contribution in [2.45, 2.75) is 96.7 Å². The average molecular weight is 591 g/mol. The Morgan fingerprint density at radius 2 is 1.25 bits per heavy atom. The fourth-order valence-electron chi connectivity index (χ4n) is 6.10. The molecule has 1 aliphatic carbocycles.